The van der Waals surface area contributed by atoms with Gasteiger partial charge in [0.05, 0.1) is 0 Å². The Bertz CT molecular complexity index is 661. The molecule has 2 unspecified atom stereocenters. The van der Waals surface area contributed by atoms with Crippen LogP contribution in [0.1, 0.15) is 36.0 Å². The first kappa shape index (κ1) is 14.8. The maximum Gasteiger partial charge on any atom is 0.274 e. The van der Waals surface area contributed by atoms with Gasteiger partial charge in [-0.25, -0.2) is 0 Å². The number of H-pyrrole nitrogens is 1. The van der Waals surface area contributed by atoms with Crippen LogP contribution in [0, 0.1) is 12.8 Å². The zero-order valence-electron chi connectivity index (χ0n) is 13.0. The SMILES string of the molecule is Cc1ccc(-c2cc(C(=O)N3CCC(C)CC3CN)n[nH]2)o1. The first-order valence-electron chi connectivity index (χ1n) is 7.71. The summed E-state index contributed by atoms with van der Waals surface area (Å²) < 4.78 is 5.55. The van der Waals surface area contributed by atoms with Gasteiger partial charge >= 0.3 is 0 Å². The Kier molecular flexibility index (Phi) is 4.02. The van der Waals surface area contributed by atoms with Gasteiger partial charge in [0, 0.05) is 25.2 Å². The molecule has 0 saturated carbocycles. The van der Waals surface area contributed by atoms with Crippen molar-refractivity contribution in [3.63, 3.8) is 0 Å². The smallest absolute Gasteiger partial charge is 0.274 e. The quantitative estimate of drug-likeness (QED) is 0.909. The van der Waals surface area contributed by atoms with E-state index in [9.17, 15) is 4.79 Å². The van der Waals surface area contributed by atoms with E-state index in [1.54, 1.807) is 6.07 Å². The topological polar surface area (TPSA) is 88.1 Å². The Balaban J connectivity index is 1.79. The molecule has 1 amide bonds. The number of nitrogens with zero attached hydrogens (tertiary/aromatic N) is 2. The number of piperidine rings is 1. The molecule has 1 saturated heterocycles. The highest BCUT2D eigenvalue weighted by atomic mass is 16.3. The van der Waals surface area contributed by atoms with Crippen LogP contribution in [0.25, 0.3) is 11.5 Å². The third-order valence-corrected chi connectivity index (χ3v) is 4.31. The van der Waals surface area contributed by atoms with E-state index in [2.05, 4.69) is 17.1 Å². The highest BCUT2D eigenvalue weighted by molar-refractivity contribution is 5.93. The fraction of sp³-hybridized carbons (Fsp3) is 0.500. The van der Waals surface area contributed by atoms with Crippen LogP contribution in [0.15, 0.2) is 22.6 Å². The van der Waals surface area contributed by atoms with Crippen molar-refractivity contribution in [1.29, 1.82) is 0 Å². The molecule has 1 aliphatic heterocycles. The van der Waals surface area contributed by atoms with Crippen molar-refractivity contribution in [1.82, 2.24) is 15.1 Å². The number of amides is 1. The van der Waals surface area contributed by atoms with Crippen LogP contribution in [0.3, 0.4) is 0 Å². The number of carbonyl (C=O) groups is 1. The summed E-state index contributed by atoms with van der Waals surface area (Å²) in [5, 5.41) is 7.02. The molecule has 22 heavy (non-hydrogen) atoms. The summed E-state index contributed by atoms with van der Waals surface area (Å²) in [5.41, 5.74) is 6.96. The summed E-state index contributed by atoms with van der Waals surface area (Å²) in [7, 11) is 0. The van der Waals surface area contributed by atoms with E-state index in [1.165, 1.54) is 0 Å². The van der Waals surface area contributed by atoms with E-state index < -0.39 is 0 Å². The number of aryl methyl sites for hydroxylation is 1. The van der Waals surface area contributed by atoms with Gasteiger partial charge in [-0.15, -0.1) is 0 Å². The highest BCUT2D eigenvalue weighted by Crippen LogP contribution is 2.25. The Hall–Kier alpha value is -2.08. The summed E-state index contributed by atoms with van der Waals surface area (Å²) in [4.78, 5) is 14.5. The fourth-order valence-corrected chi connectivity index (χ4v) is 3.03. The fourth-order valence-electron chi connectivity index (χ4n) is 3.03. The second-order valence-electron chi connectivity index (χ2n) is 6.09. The molecule has 1 fully saturated rings. The van der Waals surface area contributed by atoms with Gasteiger partial charge in [0.25, 0.3) is 5.91 Å². The molecule has 3 heterocycles. The molecule has 6 heteroatoms. The average molecular weight is 302 g/mol. The summed E-state index contributed by atoms with van der Waals surface area (Å²) in [6.45, 7) is 5.32. The van der Waals surface area contributed by atoms with Gasteiger partial charge < -0.3 is 15.1 Å². The molecule has 2 atom stereocenters. The third-order valence-electron chi connectivity index (χ3n) is 4.31. The average Bonchev–Trinajstić information content (AvgIpc) is 3.15. The van der Waals surface area contributed by atoms with Crippen LogP contribution in [0.4, 0.5) is 0 Å². The number of likely N-dealkylation sites (tertiary alicyclic amines) is 1. The maximum atomic E-state index is 12.7. The van der Waals surface area contributed by atoms with Gasteiger partial charge in [-0.3, -0.25) is 9.89 Å². The van der Waals surface area contributed by atoms with Crippen molar-refractivity contribution in [3.8, 4) is 11.5 Å². The predicted molar refractivity (Wildman–Crippen MR) is 83.3 cm³/mol. The molecule has 0 aliphatic carbocycles. The minimum Gasteiger partial charge on any atom is -0.460 e. The molecule has 6 nitrogen and oxygen atoms in total. The van der Waals surface area contributed by atoms with Gasteiger partial charge in [-0.1, -0.05) is 6.92 Å². The zero-order valence-corrected chi connectivity index (χ0v) is 13.0. The monoisotopic (exact) mass is 302 g/mol. The minimum absolute atomic E-state index is 0.0619. The van der Waals surface area contributed by atoms with Crippen LogP contribution >= 0.6 is 0 Å². The number of hydrogen-bond acceptors (Lipinski definition) is 4. The third kappa shape index (κ3) is 2.78. The van der Waals surface area contributed by atoms with Gasteiger partial charge in [0.15, 0.2) is 11.5 Å². The number of hydrogen-bond donors (Lipinski definition) is 2. The summed E-state index contributed by atoms with van der Waals surface area (Å²) in [6, 6.07) is 5.59. The van der Waals surface area contributed by atoms with Crippen LogP contribution < -0.4 is 5.73 Å². The lowest BCUT2D eigenvalue weighted by Crippen LogP contribution is -2.49. The van der Waals surface area contributed by atoms with E-state index in [1.807, 2.05) is 24.0 Å². The first-order chi connectivity index (χ1) is 10.6. The van der Waals surface area contributed by atoms with E-state index in [-0.39, 0.29) is 11.9 Å². The molecule has 3 N–H and O–H groups in total. The number of rotatable bonds is 3. The summed E-state index contributed by atoms with van der Waals surface area (Å²) in [6.07, 6.45) is 1.97. The Labute approximate surface area is 129 Å². The molecule has 2 aromatic rings. The van der Waals surface area contributed by atoms with Gasteiger partial charge in [0.1, 0.15) is 11.5 Å². The number of nitrogens with two attached hydrogens (primary N) is 1. The van der Waals surface area contributed by atoms with Gasteiger partial charge in [-0.05, 0) is 37.8 Å². The lowest BCUT2D eigenvalue weighted by Gasteiger charge is -2.37. The number of aromatic nitrogens is 2. The van der Waals surface area contributed by atoms with Crippen LogP contribution in [-0.2, 0) is 0 Å². The van der Waals surface area contributed by atoms with Crippen LogP contribution in [-0.4, -0.2) is 40.1 Å². The number of nitrogens with one attached hydrogen (secondary N) is 1. The number of furan rings is 1. The van der Waals surface area contributed by atoms with Gasteiger partial charge in [-0.2, -0.15) is 5.10 Å². The van der Waals surface area contributed by atoms with Crippen molar-refractivity contribution in [2.75, 3.05) is 13.1 Å². The van der Waals surface area contributed by atoms with Crippen molar-refractivity contribution in [2.24, 2.45) is 11.7 Å². The lowest BCUT2D eigenvalue weighted by atomic mass is 9.92. The predicted octanol–water partition coefficient (Wildman–Crippen LogP) is 2.18. The molecule has 0 spiro atoms. The standard InChI is InChI=1S/C16H22N4O2/c1-10-5-6-20(12(7-10)9-17)16(21)14-8-13(18-19-14)15-4-3-11(2)22-15/h3-4,8,10,12H,5-7,9,17H2,1-2H3,(H,18,19). The van der Waals surface area contributed by atoms with E-state index in [0.717, 1.165) is 25.1 Å². The Morgan fingerprint density at radius 1 is 1.55 bits per heavy atom. The molecule has 1 aliphatic rings. The van der Waals surface area contributed by atoms with Crippen LogP contribution in [0.2, 0.25) is 0 Å². The largest absolute Gasteiger partial charge is 0.460 e. The van der Waals surface area contributed by atoms with E-state index in [4.69, 9.17) is 10.2 Å². The molecule has 0 bridgehead atoms. The minimum atomic E-state index is -0.0619. The summed E-state index contributed by atoms with van der Waals surface area (Å²) in [5.74, 6) is 2.06. The normalized spacial score (nSPS) is 22.0. The second kappa shape index (κ2) is 5.96. The molecule has 118 valence electrons. The van der Waals surface area contributed by atoms with E-state index in [0.29, 0.717) is 29.6 Å². The molecule has 2 aromatic heterocycles. The highest BCUT2D eigenvalue weighted by Gasteiger charge is 2.30. The Morgan fingerprint density at radius 3 is 3.05 bits per heavy atom. The Morgan fingerprint density at radius 2 is 2.36 bits per heavy atom. The number of aromatic amines is 1. The molecule has 0 aromatic carbocycles. The maximum absolute atomic E-state index is 12.7. The van der Waals surface area contributed by atoms with Gasteiger partial charge in [0.2, 0.25) is 0 Å². The molecular formula is C16H22N4O2. The zero-order chi connectivity index (χ0) is 15.7. The second-order valence-corrected chi connectivity index (χ2v) is 6.09. The lowest BCUT2D eigenvalue weighted by molar-refractivity contribution is 0.0567. The van der Waals surface area contributed by atoms with Crippen LogP contribution in [0.5, 0.6) is 0 Å². The number of carbonyl (C=O) groups excluding carboxylic acids is 1. The molecule has 3 rings (SSSR count). The molecule has 0 radical (unpaired) electrons. The van der Waals surface area contributed by atoms with Crippen molar-refractivity contribution in [3.05, 3.63) is 29.7 Å². The molecular weight excluding hydrogens is 280 g/mol. The summed E-state index contributed by atoms with van der Waals surface area (Å²) >= 11 is 0. The van der Waals surface area contributed by atoms with Crippen molar-refractivity contribution >= 4 is 5.91 Å². The van der Waals surface area contributed by atoms with Crippen molar-refractivity contribution < 1.29 is 9.21 Å². The first-order valence-corrected chi connectivity index (χ1v) is 7.71. The van der Waals surface area contributed by atoms with Crippen molar-refractivity contribution in [2.45, 2.75) is 32.7 Å². The van der Waals surface area contributed by atoms with E-state index >= 15 is 0 Å².